The molecule has 4 heteroatoms. The molecule has 0 aliphatic heterocycles. The van der Waals surface area contributed by atoms with Crippen molar-refractivity contribution in [3.05, 3.63) is 77.3 Å². The van der Waals surface area contributed by atoms with E-state index in [1.54, 1.807) is 48.5 Å². The predicted molar refractivity (Wildman–Crippen MR) is 80.0 cm³/mol. The van der Waals surface area contributed by atoms with Crippen molar-refractivity contribution in [2.24, 2.45) is 0 Å². The molecule has 0 aliphatic rings. The van der Waals surface area contributed by atoms with E-state index < -0.39 is 0 Å². The Morgan fingerprint density at radius 2 is 1.55 bits per heavy atom. The number of ketones is 1. The van der Waals surface area contributed by atoms with Gasteiger partial charge in [0.05, 0.1) is 0 Å². The number of rotatable bonds is 4. The lowest BCUT2D eigenvalue weighted by Gasteiger charge is -2.01. The molecule has 3 nitrogen and oxygen atoms in total. The highest BCUT2D eigenvalue weighted by molar-refractivity contribution is 6.30. The van der Waals surface area contributed by atoms with Gasteiger partial charge in [-0.25, -0.2) is 0 Å². The number of amides is 1. The molecule has 1 N–H and O–H groups in total. The summed E-state index contributed by atoms with van der Waals surface area (Å²) in [6.07, 6.45) is 2.46. The van der Waals surface area contributed by atoms with E-state index in [1.807, 2.05) is 6.07 Å². The van der Waals surface area contributed by atoms with Gasteiger partial charge in [0.1, 0.15) is 0 Å². The van der Waals surface area contributed by atoms with Gasteiger partial charge in [-0.3, -0.25) is 9.59 Å². The first-order valence-electron chi connectivity index (χ1n) is 5.99. The standard InChI is InChI=1S/C16H12ClNO2/c17-13-6-8-14(9-7-13)18-16(20)11-10-15(19)12-4-2-1-3-5-12/h1-11H,(H,18,20). The van der Waals surface area contributed by atoms with Crippen LogP contribution in [0.4, 0.5) is 5.69 Å². The molecule has 100 valence electrons. The number of carbonyl (C=O) groups excluding carboxylic acids is 2. The third-order valence-corrected chi connectivity index (χ3v) is 2.81. The van der Waals surface area contributed by atoms with Crippen LogP contribution in [0.15, 0.2) is 66.7 Å². The Balaban J connectivity index is 1.96. The molecule has 0 unspecified atom stereocenters. The van der Waals surface area contributed by atoms with Crippen molar-refractivity contribution in [3.8, 4) is 0 Å². The fraction of sp³-hybridized carbons (Fsp3) is 0. The van der Waals surface area contributed by atoms with Crippen LogP contribution in [-0.2, 0) is 4.79 Å². The quantitative estimate of drug-likeness (QED) is 0.687. The summed E-state index contributed by atoms with van der Waals surface area (Å²) < 4.78 is 0. The predicted octanol–water partition coefficient (Wildman–Crippen LogP) is 3.72. The molecule has 1 amide bonds. The molecule has 2 rings (SSSR count). The molecule has 0 heterocycles. The number of hydrogen-bond donors (Lipinski definition) is 1. The number of carbonyl (C=O) groups is 2. The van der Waals surface area contributed by atoms with Crippen LogP contribution >= 0.6 is 11.6 Å². The van der Waals surface area contributed by atoms with Crippen LogP contribution in [-0.4, -0.2) is 11.7 Å². The average molecular weight is 286 g/mol. The van der Waals surface area contributed by atoms with Gasteiger partial charge in [0.2, 0.25) is 5.91 Å². The van der Waals surface area contributed by atoms with Crippen LogP contribution in [0.25, 0.3) is 0 Å². The minimum Gasteiger partial charge on any atom is -0.323 e. The molecule has 20 heavy (non-hydrogen) atoms. The maximum absolute atomic E-state index is 11.8. The van der Waals surface area contributed by atoms with Gasteiger partial charge in [0, 0.05) is 22.3 Å². The van der Waals surface area contributed by atoms with Gasteiger partial charge in [-0.2, -0.15) is 0 Å². The Labute approximate surface area is 121 Å². The molecule has 0 saturated carbocycles. The van der Waals surface area contributed by atoms with Crippen LogP contribution in [0, 0.1) is 0 Å². The summed E-state index contributed by atoms with van der Waals surface area (Å²) in [4.78, 5) is 23.4. The van der Waals surface area contributed by atoms with Crippen molar-refractivity contribution in [2.45, 2.75) is 0 Å². The van der Waals surface area contributed by atoms with Crippen molar-refractivity contribution in [1.29, 1.82) is 0 Å². The van der Waals surface area contributed by atoms with Gasteiger partial charge in [-0.1, -0.05) is 41.9 Å². The Morgan fingerprint density at radius 3 is 2.20 bits per heavy atom. The number of benzene rings is 2. The Morgan fingerprint density at radius 1 is 0.900 bits per heavy atom. The lowest BCUT2D eigenvalue weighted by atomic mass is 10.1. The second-order valence-electron chi connectivity index (χ2n) is 4.06. The van der Waals surface area contributed by atoms with Gasteiger partial charge in [-0.15, -0.1) is 0 Å². The van der Waals surface area contributed by atoms with Crippen molar-refractivity contribution in [3.63, 3.8) is 0 Å². The molecule has 0 aromatic heterocycles. The van der Waals surface area contributed by atoms with E-state index in [9.17, 15) is 9.59 Å². The number of anilines is 1. The van der Waals surface area contributed by atoms with Gasteiger partial charge in [-0.05, 0) is 30.3 Å². The van der Waals surface area contributed by atoms with Gasteiger partial charge >= 0.3 is 0 Å². The second kappa shape index (κ2) is 6.68. The van der Waals surface area contributed by atoms with Crippen LogP contribution < -0.4 is 5.32 Å². The summed E-state index contributed by atoms with van der Waals surface area (Å²) in [5.74, 6) is -0.576. The molecule has 2 aromatic carbocycles. The van der Waals surface area contributed by atoms with Crippen LogP contribution in [0.1, 0.15) is 10.4 Å². The average Bonchev–Trinajstić information content (AvgIpc) is 2.48. The number of allylic oxidation sites excluding steroid dienone is 1. The highest BCUT2D eigenvalue weighted by atomic mass is 35.5. The molecule has 0 saturated heterocycles. The first-order chi connectivity index (χ1) is 9.65. The van der Waals surface area contributed by atoms with E-state index in [0.29, 0.717) is 16.3 Å². The van der Waals surface area contributed by atoms with E-state index >= 15 is 0 Å². The number of nitrogens with one attached hydrogen (secondary N) is 1. The van der Waals surface area contributed by atoms with E-state index in [2.05, 4.69) is 5.32 Å². The third kappa shape index (κ3) is 4.07. The minimum absolute atomic E-state index is 0.211. The summed E-state index contributed by atoms with van der Waals surface area (Å²) in [7, 11) is 0. The topological polar surface area (TPSA) is 46.2 Å². The molecule has 0 radical (unpaired) electrons. The first kappa shape index (κ1) is 14.0. The van der Waals surface area contributed by atoms with Crippen molar-refractivity contribution in [1.82, 2.24) is 0 Å². The second-order valence-corrected chi connectivity index (χ2v) is 4.50. The van der Waals surface area contributed by atoms with E-state index in [0.717, 1.165) is 0 Å². The zero-order chi connectivity index (χ0) is 14.4. The summed E-state index contributed by atoms with van der Waals surface area (Å²) in [6, 6.07) is 15.5. The normalized spacial score (nSPS) is 10.4. The molecule has 0 atom stereocenters. The molecular weight excluding hydrogens is 274 g/mol. The van der Waals surface area contributed by atoms with Crippen molar-refractivity contribution >= 4 is 29.0 Å². The van der Waals surface area contributed by atoms with Gasteiger partial charge < -0.3 is 5.32 Å². The SMILES string of the molecule is O=C(C=CC(=O)c1ccccc1)Nc1ccc(Cl)cc1. The summed E-state index contributed by atoms with van der Waals surface area (Å²) >= 11 is 5.75. The fourth-order valence-corrected chi connectivity index (χ4v) is 1.69. The minimum atomic E-state index is -0.364. The van der Waals surface area contributed by atoms with Crippen LogP contribution in [0.3, 0.4) is 0 Å². The summed E-state index contributed by atoms with van der Waals surface area (Å²) in [5.41, 5.74) is 1.17. The Hall–Kier alpha value is -2.39. The highest BCUT2D eigenvalue weighted by Crippen LogP contribution is 2.13. The van der Waals surface area contributed by atoms with Gasteiger partial charge in [0.25, 0.3) is 0 Å². The first-order valence-corrected chi connectivity index (χ1v) is 6.37. The highest BCUT2D eigenvalue weighted by Gasteiger charge is 2.02. The maximum Gasteiger partial charge on any atom is 0.248 e. The zero-order valence-corrected chi connectivity index (χ0v) is 11.3. The molecule has 0 bridgehead atoms. The lowest BCUT2D eigenvalue weighted by molar-refractivity contribution is -0.111. The van der Waals surface area contributed by atoms with Gasteiger partial charge in [0.15, 0.2) is 5.78 Å². The van der Waals surface area contributed by atoms with E-state index in [-0.39, 0.29) is 11.7 Å². The molecule has 0 fully saturated rings. The van der Waals surface area contributed by atoms with Crippen LogP contribution in [0.5, 0.6) is 0 Å². The van der Waals surface area contributed by atoms with Crippen molar-refractivity contribution in [2.75, 3.05) is 5.32 Å². The summed E-state index contributed by atoms with van der Waals surface area (Å²) in [6.45, 7) is 0. The number of halogens is 1. The molecule has 0 aliphatic carbocycles. The lowest BCUT2D eigenvalue weighted by Crippen LogP contribution is -2.08. The summed E-state index contributed by atoms with van der Waals surface area (Å²) in [5, 5.41) is 3.23. The molecule has 0 spiro atoms. The molecular formula is C16H12ClNO2. The fourth-order valence-electron chi connectivity index (χ4n) is 1.57. The number of hydrogen-bond acceptors (Lipinski definition) is 2. The van der Waals surface area contributed by atoms with E-state index in [4.69, 9.17) is 11.6 Å². The largest absolute Gasteiger partial charge is 0.323 e. The molecule has 2 aromatic rings. The monoisotopic (exact) mass is 285 g/mol. The zero-order valence-electron chi connectivity index (χ0n) is 10.5. The van der Waals surface area contributed by atoms with E-state index in [1.165, 1.54) is 12.2 Å². The van der Waals surface area contributed by atoms with Crippen molar-refractivity contribution < 1.29 is 9.59 Å². The Kier molecular flexibility index (Phi) is 4.69. The van der Waals surface area contributed by atoms with Crippen LogP contribution in [0.2, 0.25) is 5.02 Å². The smallest absolute Gasteiger partial charge is 0.248 e. The third-order valence-electron chi connectivity index (χ3n) is 2.56. The maximum atomic E-state index is 11.8. The Bertz CT molecular complexity index is 633.